The normalized spacial score (nSPS) is 18.2. The quantitative estimate of drug-likeness (QED) is 0.588. The van der Waals surface area contributed by atoms with E-state index in [9.17, 15) is 19.2 Å². The van der Waals surface area contributed by atoms with Crippen LogP contribution in [0.25, 0.3) is 21.2 Å². The van der Waals surface area contributed by atoms with Gasteiger partial charge in [0.25, 0.3) is 5.91 Å². The van der Waals surface area contributed by atoms with E-state index in [1.165, 1.54) is 17.0 Å². The number of thiophene rings is 1. The first-order valence-corrected chi connectivity index (χ1v) is 11.4. The van der Waals surface area contributed by atoms with E-state index in [1.807, 2.05) is 6.07 Å². The molecule has 1 atom stereocenters. The Bertz CT molecular complexity index is 1410. The first-order valence-electron chi connectivity index (χ1n) is 10.2. The largest absolute Gasteiger partial charge is 0.389 e. The van der Waals surface area contributed by atoms with Crippen LogP contribution in [0.5, 0.6) is 0 Å². The summed E-state index contributed by atoms with van der Waals surface area (Å²) in [7, 11) is 1.68. The Morgan fingerprint density at radius 2 is 1.97 bits per heavy atom. The second-order valence-corrected chi connectivity index (χ2v) is 9.57. The number of carbonyl (C=O) groups is 2. The van der Waals surface area contributed by atoms with Gasteiger partial charge in [0.05, 0.1) is 15.3 Å². The Morgan fingerprint density at radius 3 is 2.64 bits per heavy atom. The zero-order valence-corrected chi connectivity index (χ0v) is 19.0. The van der Waals surface area contributed by atoms with Crippen LogP contribution >= 0.6 is 22.9 Å². The van der Waals surface area contributed by atoms with Crippen LogP contribution < -0.4 is 5.73 Å². The van der Waals surface area contributed by atoms with Gasteiger partial charge in [-0.05, 0) is 36.1 Å². The van der Waals surface area contributed by atoms with Gasteiger partial charge in [0.2, 0.25) is 5.91 Å². The number of likely N-dealkylation sites (tertiary alicyclic amines) is 1. The van der Waals surface area contributed by atoms with Crippen LogP contribution in [0, 0.1) is 23.0 Å². The Balaban J connectivity index is 1.66. The second-order valence-electron chi connectivity index (χ2n) is 8.14. The van der Waals surface area contributed by atoms with E-state index >= 15 is 4.39 Å². The van der Waals surface area contributed by atoms with Crippen LogP contribution in [0.2, 0.25) is 5.02 Å². The predicted molar refractivity (Wildman–Crippen MR) is 122 cm³/mol. The van der Waals surface area contributed by atoms with E-state index < -0.39 is 23.6 Å². The molecule has 168 valence electrons. The van der Waals surface area contributed by atoms with Gasteiger partial charge in [0, 0.05) is 36.7 Å². The number of fused-ring (bicyclic) bond motifs is 2. The highest BCUT2D eigenvalue weighted by atomic mass is 35.5. The van der Waals surface area contributed by atoms with Gasteiger partial charge in [0.15, 0.2) is 0 Å². The summed E-state index contributed by atoms with van der Waals surface area (Å²) in [5.41, 5.74) is 6.77. The number of nitrogens with zero attached hydrogens (tertiary/aromatic N) is 3. The molecule has 0 radical (unpaired) electrons. The first kappa shape index (κ1) is 21.6. The summed E-state index contributed by atoms with van der Waals surface area (Å²) >= 11 is 7.56. The SMILES string of the molecule is CN1CCC(N2CCc3c(cc(F)c(-c4ccc(F)c5sc(N)c(C#N)c45)c3Cl)C2=O)C1=O. The third kappa shape index (κ3) is 3.09. The number of amides is 2. The van der Waals surface area contributed by atoms with Crippen LogP contribution in [-0.4, -0.2) is 47.8 Å². The van der Waals surface area contributed by atoms with Gasteiger partial charge >= 0.3 is 0 Å². The van der Waals surface area contributed by atoms with Gasteiger partial charge in [-0.2, -0.15) is 5.26 Å². The molecule has 5 rings (SSSR count). The highest BCUT2D eigenvalue weighted by Crippen LogP contribution is 2.45. The fraction of sp³-hybridized carbons (Fsp3) is 0.261. The number of benzene rings is 2. The standard InChI is InChI=1S/C23H17ClF2N4O2S/c1-29-6-5-16(23(29)32)30-7-4-10-12(22(30)31)8-15(26)18(19(10)24)11-2-3-14(25)20-17(11)13(9-27)21(28)33-20/h2-3,8,16H,4-7,28H2,1H3. The molecular weight excluding hydrogens is 470 g/mol. The molecule has 0 saturated carbocycles. The molecule has 1 unspecified atom stereocenters. The van der Waals surface area contributed by atoms with Crippen molar-refractivity contribution < 1.29 is 18.4 Å². The van der Waals surface area contributed by atoms with Crippen molar-refractivity contribution >= 4 is 49.8 Å². The lowest BCUT2D eigenvalue weighted by Gasteiger charge is -2.33. The van der Waals surface area contributed by atoms with Crippen molar-refractivity contribution in [1.29, 1.82) is 5.26 Å². The molecular formula is C23H17ClF2N4O2S. The molecule has 2 N–H and O–H groups in total. The molecule has 0 aliphatic carbocycles. The summed E-state index contributed by atoms with van der Waals surface area (Å²) in [5.74, 6) is -1.93. The highest BCUT2D eigenvalue weighted by molar-refractivity contribution is 7.23. The topological polar surface area (TPSA) is 90.4 Å². The van der Waals surface area contributed by atoms with Gasteiger partial charge in [0.1, 0.15) is 28.7 Å². The van der Waals surface area contributed by atoms with Crippen LogP contribution in [0.4, 0.5) is 13.8 Å². The fourth-order valence-corrected chi connectivity index (χ4v) is 6.07. The van der Waals surface area contributed by atoms with Crippen molar-refractivity contribution in [3.8, 4) is 17.2 Å². The van der Waals surface area contributed by atoms with Crippen molar-refractivity contribution in [2.45, 2.75) is 18.9 Å². The van der Waals surface area contributed by atoms with Crippen LogP contribution in [-0.2, 0) is 11.2 Å². The molecule has 10 heteroatoms. The average Bonchev–Trinajstić information content (AvgIpc) is 3.30. The summed E-state index contributed by atoms with van der Waals surface area (Å²) in [6, 6.07) is 5.06. The Labute approximate surface area is 196 Å². The molecule has 33 heavy (non-hydrogen) atoms. The number of rotatable bonds is 2. The first-order chi connectivity index (χ1) is 15.7. The summed E-state index contributed by atoms with van der Waals surface area (Å²) < 4.78 is 30.0. The molecule has 0 bridgehead atoms. The van der Waals surface area contributed by atoms with Gasteiger partial charge in [-0.15, -0.1) is 11.3 Å². The number of likely N-dealkylation sites (N-methyl/N-ethyl adjacent to an activating group) is 1. The fourth-order valence-electron chi connectivity index (χ4n) is 4.73. The molecule has 2 amide bonds. The zero-order valence-electron chi connectivity index (χ0n) is 17.4. The predicted octanol–water partition coefficient (Wildman–Crippen LogP) is 4.18. The summed E-state index contributed by atoms with van der Waals surface area (Å²) in [5, 5.41) is 9.92. The highest BCUT2D eigenvalue weighted by Gasteiger charge is 2.40. The van der Waals surface area contributed by atoms with Crippen molar-refractivity contribution in [3.05, 3.63) is 51.5 Å². The number of carbonyl (C=O) groups excluding carboxylic acids is 2. The van der Waals surface area contributed by atoms with Crippen molar-refractivity contribution in [3.63, 3.8) is 0 Å². The molecule has 2 aliphatic rings. The van der Waals surface area contributed by atoms with Crippen molar-refractivity contribution in [2.24, 2.45) is 0 Å². The van der Waals surface area contributed by atoms with Crippen molar-refractivity contribution in [1.82, 2.24) is 9.80 Å². The molecule has 1 fully saturated rings. The molecule has 6 nitrogen and oxygen atoms in total. The number of halogens is 3. The Morgan fingerprint density at radius 1 is 1.21 bits per heavy atom. The van der Waals surface area contributed by atoms with Crippen LogP contribution in [0.3, 0.4) is 0 Å². The minimum atomic E-state index is -0.773. The second kappa shape index (κ2) is 7.68. The number of hydrogen-bond donors (Lipinski definition) is 1. The van der Waals surface area contributed by atoms with Gasteiger partial charge < -0.3 is 15.5 Å². The lowest BCUT2D eigenvalue weighted by molar-refractivity contribution is -0.130. The number of nitriles is 1. The van der Waals surface area contributed by atoms with E-state index in [0.717, 1.165) is 17.4 Å². The molecule has 0 spiro atoms. The lowest BCUT2D eigenvalue weighted by Crippen LogP contribution is -2.48. The molecule has 1 aromatic heterocycles. The monoisotopic (exact) mass is 486 g/mol. The Hall–Kier alpha value is -3.22. The minimum absolute atomic E-state index is 0.00681. The average molecular weight is 487 g/mol. The molecule has 2 aromatic carbocycles. The van der Waals surface area contributed by atoms with Crippen LogP contribution in [0.15, 0.2) is 18.2 Å². The smallest absolute Gasteiger partial charge is 0.254 e. The number of hydrogen-bond acceptors (Lipinski definition) is 5. The van der Waals surface area contributed by atoms with E-state index in [1.54, 1.807) is 11.9 Å². The van der Waals surface area contributed by atoms with E-state index in [-0.39, 0.29) is 54.8 Å². The van der Waals surface area contributed by atoms with Gasteiger partial charge in [-0.25, -0.2) is 8.78 Å². The lowest BCUT2D eigenvalue weighted by atomic mass is 9.90. The van der Waals surface area contributed by atoms with Crippen molar-refractivity contribution in [2.75, 3.05) is 25.9 Å². The molecule has 3 aromatic rings. The third-order valence-electron chi connectivity index (χ3n) is 6.39. The third-order valence-corrected chi connectivity index (χ3v) is 7.83. The number of nitrogen functional groups attached to an aromatic ring is 1. The summed E-state index contributed by atoms with van der Waals surface area (Å²) in [4.78, 5) is 28.7. The van der Waals surface area contributed by atoms with Gasteiger partial charge in [-0.3, -0.25) is 9.59 Å². The van der Waals surface area contributed by atoms with Gasteiger partial charge in [-0.1, -0.05) is 17.7 Å². The maximum Gasteiger partial charge on any atom is 0.254 e. The summed E-state index contributed by atoms with van der Waals surface area (Å²) in [6.45, 7) is 0.828. The maximum absolute atomic E-state index is 15.5. The number of nitrogens with two attached hydrogens (primary N) is 1. The number of anilines is 1. The van der Waals surface area contributed by atoms with Crippen LogP contribution in [0.1, 0.15) is 27.9 Å². The minimum Gasteiger partial charge on any atom is -0.389 e. The molecule has 1 saturated heterocycles. The molecule has 3 heterocycles. The van der Waals surface area contributed by atoms with E-state index in [0.29, 0.717) is 24.9 Å². The maximum atomic E-state index is 15.5. The van der Waals surface area contributed by atoms with E-state index in [4.69, 9.17) is 17.3 Å². The zero-order chi connectivity index (χ0) is 23.6. The summed E-state index contributed by atoms with van der Waals surface area (Å²) in [6.07, 6.45) is 0.858. The van der Waals surface area contributed by atoms with E-state index in [2.05, 4.69) is 0 Å². The molecule has 2 aliphatic heterocycles. The Kier molecular flexibility index (Phi) is 5.03.